The van der Waals surface area contributed by atoms with Crippen LogP contribution in [-0.2, 0) is 6.42 Å². The lowest BCUT2D eigenvalue weighted by atomic mass is 10.1. The predicted molar refractivity (Wildman–Crippen MR) is 57.7 cm³/mol. The van der Waals surface area contributed by atoms with Crippen LogP contribution in [0.2, 0.25) is 0 Å². The molecule has 13 heavy (non-hydrogen) atoms. The molecule has 0 aliphatic rings. The van der Waals surface area contributed by atoms with Gasteiger partial charge in [0.25, 0.3) is 0 Å². The molecule has 0 aromatic heterocycles. The third kappa shape index (κ3) is 3.28. The third-order valence-electron chi connectivity index (χ3n) is 1.90. The van der Waals surface area contributed by atoms with Crippen LogP contribution in [0, 0.1) is 5.82 Å². The number of rotatable bonds is 3. The van der Waals surface area contributed by atoms with Gasteiger partial charge in [-0.25, -0.2) is 4.39 Å². The summed E-state index contributed by atoms with van der Waals surface area (Å²) in [5, 5.41) is 0.127. The van der Waals surface area contributed by atoms with Gasteiger partial charge in [0.1, 0.15) is 5.82 Å². The van der Waals surface area contributed by atoms with Crippen molar-refractivity contribution < 1.29 is 4.39 Å². The van der Waals surface area contributed by atoms with E-state index in [2.05, 4.69) is 15.9 Å². The van der Waals surface area contributed by atoms with E-state index in [0.717, 1.165) is 22.9 Å². The van der Waals surface area contributed by atoms with Crippen LogP contribution in [0.1, 0.15) is 18.9 Å². The second-order valence-electron chi connectivity index (χ2n) is 2.95. The Hall–Kier alpha value is -0.0800. The van der Waals surface area contributed by atoms with Gasteiger partial charge in [0.05, 0.1) is 0 Å². The monoisotopic (exact) mass is 264 g/mol. The van der Waals surface area contributed by atoms with E-state index in [9.17, 15) is 4.39 Å². The minimum atomic E-state index is -0.224. The van der Waals surface area contributed by atoms with Gasteiger partial charge in [-0.05, 0) is 30.5 Å². The molecule has 72 valence electrons. The van der Waals surface area contributed by atoms with Gasteiger partial charge >= 0.3 is 0 Å². The van der Waals surface area contributed by atoms with Crippen molar-refractivity contribution in [3.05, 3.63) is 34.1 Å². The molecule has 0 saturated carbocycles. The first kappa shape index (κ1) is 11.0. The van der Waals surface area contributed by atoms with Crippen molar-refractivity contribution in [2.45, 2.75) is 25.1 Å². The quantitative estimate of drug-likeness (QED) is 0.720. The highest BCUT2D eigenvalue weighted by atomic mass is 79.9. The number of alkyl halides is 1. The molecule has 0 radical (unpaired) electrons. The first-order valence-electron chi connectivity index (χ1n) is 4.21. The zero-order valence-corrected chi connectivity index (χ0v) is 9.70. The summed E-state index contributed by atoms with van der Waals surface area (Å²) in [7, 11) is 0. The van der Waals surface area contributed by atoms with Gasteiger partial charge in [0.15, 0.2) is 0 Å². The Morgan fingerprint density at radius 3 is 2.77 bits per heavy atom. The highest BCUT2D eigenvalue weighted by molar-refractivity contribution is 9.10. The van der Waals surface area contributed by atoms with Crippen molar-refractivity contribution in [2.75, 3.05) is 0 Å². The highest BCUT2D eigenvalue weighted by Crippen LogP contribution is 2.21. The first-order chi connectivity index (χ1) is 6.13. The minimum Gasteiger partial charge on any atom is -0.207 e. The van der Waals surface area contributed by atoms with Crippen LogP contribution >= 0.6 is 27.5 Å². The highest BCUT2D eigenvalue weighted by Gasteiger charge is 2.06. The molecule has 0 aliphatic heterocycles. The van der Waals surface area contributed by atoms with Gasteiger partial charge in [-0.2, -0.15) is 0 Å². The minimum absolute atomic E-state index is 0.127. The van der Waals surface area contributed by atoms with Gasteiger partial charge in [-0.15, -0.1) is 11.6 Å². The van der Waals surface area contributed by atoms with Crippen molar-refractivity contribution in [1.82, 2.24) is 0 Å². The summed E-state index contributed by atoms with van der Waals surface area (Å²) in [5.74, 6) is -0.224. The van der Waals surface area contributed by atoms with Crippen molar-refractivity contribution in [2.24, 2.45) is 0 Å². The van der Waals surface area contributed by atoms with E-state index in [1.807, 2.05) is 6.92 Å². The normalized spacial score (nSPS) is 12.9. The third-order valence-corrected chi connectivity index (χ3v) is 3.10. The second kappa shape index (κ2) is 4.97. The molecular formula is C10H11BrClF. The molecule has 0 heterocycles. The molecule has 3 heteroatoms. The lowest BCUT2D eigenvalue weighted by Gasteiger charge is -2.08. The molecule has 0 saturated heterocycles. The topological polar surface area (TPSA) is 0 Å². The van der Waals surface area contributed by atoms with Gasteiger partial charge in [-0.1, -0.05) is 28.9 Å². The van der Waals surface area contributed by atoms with Gasteiger partial charge < -0.3 is 0 Å². The molecule has 1 aromatic carbocycles. The Bertz CT molecular complexity index is 288. The van der Waals surface area contributed by atoms with Crippen LogP contribution in [0.25, 0.3) is 0 Å². The summed E-state index contributed by atoms with van der Waals surface area (Å²) in [4.78, 5) is 0. The van der Waals surface area contributed by atoms with Crippen molar-refractivity contribution in [1.29, 1.82) is 0 Å². The van der Waals surface area contributed by atoms with Crippen LogP contribution in [0.5, 0.6) is 0 Å². The molecule has 0 aliphatic carbocycles. The maximum absolute atomic E-state index is 12.7. The Labute approximate surface area is 91.2 Å². The van der Waals surface area contributed by atoms with E-state index in [1.54, 1.807) is 6.07 Å². The number of halogens is 3. The molecule has 0 nitrogen and oxygen atoms in total. The Morgan fingerprint density at radius 1 is 1.54 bits per heavy atom. The molecule has 0 bridgehead atoms. The second-order valence-corrected chi connectivity index (χ2v) is 4.42. The number of hydrogen-bond donors (Lipinski definition) is 0. The fraction of sp³-hybridized carbons (Fsp3) is 0.400. The van der Waals surface area contributed by atoms with E-state index in [0.29, 0.717) is 0 Å². The molecule has 0 N–H and O–H groups in total. The van der Waals surface area contributed by atoms with Gasteiger partial charge in [0, 0.05) is 9.85 Å². The summed E-state index contributed by atoms with van der Waals surface area (Å²) < 4.78 is 13.5. The number of benzene rings is 1. The van der Waals surface area contributed by atoms with Crippen LogP contribution in [0.3, 0.4) is 0 Å². The standard InChI is InChI=1S/C10H11BrClF/c1-2-8(12)5-7-3-4-9(13)6-10(7)11/h3-4,6,8H,2,5H2,1H3. The molecule has 1 atom stereocenters. The van der Waals surface area contributed by atoms with Crippen LogP contribution in [0.15, 0.2) is 22.7 Å². The average Bonchev–Trinajstić information content (AvgIpc) is 2.09. The summed E-state index contributed by atoms with van der Waals surface area (Å²) >= 11 is 9.30. The van der Waals surface area contributed by atoms with Gasteiger partial charge in [0.2, 0.25) is 0 Å². The zero-order valence-electron chi connectivity index (χ0n) is 7.36. The Kier molecular flexibility index (Phi) is 4.20. The van der Waals surface area contributed by atoms with Crippen molar-refractivity contribution in [3.63, 3.8) is 0 Å². The zero-order chi connectivity index (χ0) is 9.84. The largest absolute Gasteiger partial charge is 0.207 e. The van der Waals surface area contributed by atoms with Crippen LogP contribution in [0.4, 0.5) is 4.39 Å². The first-order valence-corrected chi connectivity index (χ1v) is 5.44. The molecular weight excluding hydrogens is 254 g/mol. The van der Waals surface area contributed by atoms with E-state index in [4.69, 9.17) is 11.6 Å². The van der Waals surface area contributed by atoms with Crippen LogP contribution in [-0.4, -0.2) is 5.38 Å². The fourth-order valence-corrected chi connectivity index (χ4v) is 1.75. The molecule has 0 fully saturated rings. The molecule has 1 unspecified atom stereocenters. The van der Waals surface area contributed by atoms with E-state index >= 15 is 0 Å². The fourth-order valence-electron chi connectivity index (χ4n) is 1.07. The average molecular weight is 266 g/mol. The lowest BCUT2D eigenvalue weighted by Crippen LogP contribution is -2.01. The molecule has 1 aromatic rings. The summed E-state index contributed by atoms with van der Waals surface area (Å²) in [6.45, 7) is 2.04. The Morgan fingerprint density at radius 2 is 2.23 bits per heavy atom. The van der Waals surface area contributed by atoms with E-state index < -0.39 is 0 Å². The smallest absolute Gasteiger partial charge is 0.124 e. The van der Waals surface area contributed by atoms with E-state index in [-0.39, 0.29) is 11.2 Å². The maximum atomic E-state index is 12.7. The summed E-state index contributed by atoms with van der Waals surface area (Å²) in [6.07, 6.45) is 1.70. The summed E-state index contributed by atoms with van der Waals surface area (Å²) in [5.41, 5.74) is 1.06. The van der Waals surface area contributed by atoms with E-state index in [1.165, 1.54) is 12.1 Å². The molecule has 0 spiro atoms. The molecule has 0 amide bonds. The van der Waals surface area contributed by atoms with Crippen molar-refractivity contribution in [3.8, 4) is 0 Å². The lowest BCUT2D eigenvalue weighted by molar-refractivity contribution is 0.625. The van der Waals surface area contributed by atoms with Crippen molar-refractivity contribution >= 4 is 27.5 Å². The predicted octanol–water partition coefficient (Wildman–Crippen LogP) is 4.15. The van der Waals surface area contributed by atoms with Gasteiger partial charge in [-0.3, -0.25) is 0 Å². The van der Waals surface area contributed by atoms with Crippen LogP contribution < -0.4 is 0 Å². The Balaban J connectivity index is 2.77. The summed E-state index contributed by atoms with van der Waals surface area (Å²) in [6, 6.07) is 4.69. The SMILES string of the molecule is CCC(Cl)Cc1ccc(F)cc1Br. The number of hydrogen-bond acceptors (Lipinski definition) is 0. The molecule has 1 rings (SSSR count). The maximum Gasteiger partial charge on any atom is 0.124 e.